The standard InChI is InChI=1S/C25H25Cl2NO2/c1-17(28-25(29)24(30-2)20-6-4-3-5-7-20)23(19-10-14-22(27)15-11-19)16-18-8-12-21(26)13-9-18/h3-15,17,23-24H,16H2,1-2H3,(H,28,29)/t17?,23-,24+/m0/s1. The summed E-state index contributed by atoms with van der Waals surface area (Å²) in [5.74, 6) is -0.105. The van der Waals surface area contributed by atoms with Gasteiger partial charge in [0, 0.05) is 29.1 Å². The Hall–Kier alpha value is -2.33. The van der Waals surface area contributed by atoms with Gasteiger partial charge in [-0.15, -0.1) is 0 Å². The lowest BCUT2D eigenvalue weighted by Gasteiger charge is -2.27. The van der Waals surface area contributed by atoms with Crippen molar-refractivity contribution in [2.75, 3.05) is 7.11 Å². The minimum absolute atomic E-state index is 0.0562. The van der Waals surface area contributed by atoms with E-state index in [0.717, 1.165) is 23.1 Å². The van der Waals surface area contributed by atoms with Crippen LogP contribution in [0.1, 0.15) is 35.6 Å². The molecule has 0 aliphatic carbocycles. The Kier molecular flexibility index (Phi) is 7.92. The number of rotatable bonds is 8. The van der Waals surface area contributed by atoms with Crippen LogP contribution in [0.5, 0.6) is 0 Å². The SMILES string of the molecule is CO[C@@H](C(=O)NC(C)[C@H](Cc1ccc(Cl)cc1)c1ccc(Cl)cc1)c1ccccc1. The van der Waals surface area contributed by atoms with Crippen LogP contribution in [-0.2, 0) is 16.0 Å². The molecule has 0 spiro atoms. The second-order valence-electron chi connectivity index (χ2n) is 7.31. The summed E-state index contributed by atoms with van der Waals surface area (Å²) >= 11 is 12.1. The number of halogens is 2. The topological polar surface area (TPSA) is 38.3 Å². The first-order valence-corrected chi connectivity index (χ1v) is 10.6. The van der Waals surface area contributed by atoms with Crippen molar-refractivity contribution in [3.8, 4) is 0 Å². The quantitative estimate of drug-likeness (QED) is 0.450. The third-order valence-electron chi connectivity index (χ3n) is 5.22. The monoisotopic (exact) mass is 441 g/mol. The number of carbonyl (C=O) groups is 1. The van der Waals surface area contributed by atoms with Crippen LogP contribution in [0.4, 0.5) is 0 Å². The first-order valence-electron chi connectivity index (χ1n) is 9.86. The number of benzene rings is 3. The predicted octanol–water partition coefficient (Wildman–Crippen LogP) is 6.21. The summed E-state index contributed by atoms with van der Waals surface area (Å²) in [6, 6.07) is 24.9. The van der Waals surface area contributed by atoms with Gasteiger partial charge in [-0.05, 0) is 54.3 Å². The van der Waals surface area contributed by atoms with Crippen molar-refractivity contribution in [3.63, 3.8) is 0 Å². The molecule has 0 radical (unpaired) electrons. The molecule has 0 saturated carbocycles. The van der Waals surface area contributed by atoms with E-state index < -0.39 is 6.10 Å². The lowest BCUT2D eigenvalue weighted by atomic mass is 9.86. The third-order valence-corrected chi connectivity index (χ3v) is 5.72. The van der Waals surface area contributed by atoms with Crippen molar-refractivity contribution in [1.29, 1.82) is 0 Å². The lowest BCUT2D eigenvalue weighted by Crippen LogP contribution is -2.41. The molecule has 3 atom stereocenters. The second-order valence-corrected chi connectivity index (χ2v) is 8.19. The number of methoxy groups -OCH3 is 1. The van der Waals surface area contributed by atoms with E-state index >= 15 is 0 Å². The fraction of sp³-hybridized carbons (Fsp3) is 0.240. The van der Waals surface area contributed by atoms with Gasteiger partial charge in [0.05, 0.1) is 0 Å². The van der Waals surface area contributed by atoms with E-state index in [1.54, 1.807) is 7.11 Å². The summed E-state index contributed by atoms with van der Waals surface area (Å²) in [6.45, 7) is 2.02. The molecular weight excluding hydrogens is 417 g/mol. The highest BCUT2D eigenvalue weighted by Crippen LogP contribution is 2.27. The maximum atomic E-state index is 13.0. The van der Waals surface area contributed by atoms with Crippen LogP contribution in [0.2, 0.25) is 10.0 Å². The van der Waals surface area contributed by atoms with Crippen LogP contribution >= 0.6 is 23.2 Å². The Bertz CT molecular complexity index is 943. The highest BCUT2D eigenvalue weighted by atomic mass is 35.5. The van der Waals surface area contributed by atoms with Crippen LogP contribution in [0.15, 0.2) is 78.9 Å². The number of nitrogens with one attached hydrogen (secondary N) is 1. The number of hydrogen-bond acceptors (Lipinski definition) is 2. The van der Waals surface area contributed by atoms with Gasteiger partial charge < -0.3 is 10.1 Å². The van der Waals surface area contributed by atoms with Gasteiger partial charge >= 0.3 is 0 Å². The fourth-order valence-corrected chi connectivity index (χ4v) is 3.84. The smallest absolute Gasteiger partial charge is 0.253 e. The molecule has 156 valence electrons. The average Bonchev–Trinajstić information content (AvgIpc) is 2.75. The summed E-state index contributed by atoms with van der Waals surface area (Å²) in [4.78, 5) is 13.0. The van der Waals surface area contributed by atoms with Crippen molar-refractivity contribution in [2.24, 2.45) is 0 Å². The first kappa shape index (κ1) is 22.4. The molecule has 3 aromatic rings. The zero-order chi connectivity index (χ0) is 21.5. The van der Waals surface area contributed by atoms with E-state index in [-0.39, 0.29) is 17.9 Å². The van der Waals surface area contributed by atoms with Crippen molar-refractivity contribution >= 4 is 29.1 Å². The molecule has 0 aliphatic heterocycles. The van der Waals surface area contributed by atoms with Crippen molar-refractivity contribution in [3.05, 3.63) is 106 Å². The van der Waals surface area contributed by atoms with Gasteiger partial charge in [-0.1, -0.05) is 77.8 Å². The van der Waals surface area contributed by atoms with Crippen LogP contribution < -0.4 is 5.32 Å². The van der Waals surface area contributed by atoms with Crippen molar-refractivity contribution in [2.45, 2.75) is 31.4 Å². The van der Waals surface area contributed by atoms with E-state index in [0.29, 0.717) is 10.0 Å². The van der Waals surface area contributed by atoms with Crippen LogP contribution in [-0.4, -0.2) is 19.1 Å². The van der Waals surface area contributed by atoms with Crippen LogP contribution in [0, 0.1) is 0 Å². The molecule has 1 N–H and O–H groups in total. The Morgan fingerprint density at radius 1 is 0.867 bits per heavy atom. The zero-order valence-electron chi connectivity index (χ0n) is 17.0. The Morgan fingerprint density at radius 2 is 1.43 bits per heavy atom. The largest absolute Gasteiger partial charge is 0.367 e. The number of hydrogen-bond donors (Lipinski definition) is 1. The summed E-state index contributed by atoms with van der Waals surface area (Å²) < 4.78 is 5.49. The van der Waals surface area contributed by atoms with E-state index in [4.69, 9.17) is 27.9 Å². The minimum Gasteiger partial charge on any atom is -0.367 e. The van der Waals surface area contributed by atoms with Crippen LogP contribution in [0.3, 0.4) is 0 Å². The molecule has 0 aromatic heterocycles. The minimum atomic E-state index is -0.657. The van der Waals surface area contributed by atoms with Gasteiger partial charge in [-0.3, -0.25) is 4.79 Å². The maximum Gasteiger partial charge on any atom is 0.253 e. The number of ether oxygens (including phenoxy) is 1. The molecular formula is C25H25Cl2NO2. The summed E-state index contributed by atoms with van der Waals surface area (Å²) in [7, 11) is 1.55. The molecule has 3 nitrogen and oxygen atoms in total. The van der Waals surface area contributed by atoms with Gasteiger partial charge in [0.25, 0.3) is 5.91 Å². The Morgan fingerprint density at radius 3 is 2.00 bits per heavy atom. The molecule has 3 aromatic carbocycles. The Labute approximate surface area is 188 Å². The molecule has 1 unspecified atom stereocenters. The summed E-state index contributed by atoms with van der Waals surface area (Å²) in [5, 5.41) is 4.54. The van der Waals surface area contributed by atoms with E-state index in [1.807, 2.05) is 85.8 Å². The lowest BCUT2D eigenvalue weighted by molar-refractivity contribution is -0.132. The van der Waals surface area contributed by atoms with E-state index in [9.17, 15) is 4.79 Å². The normalized spacial score (nSPS) is 14.0. The Balaban J connectivity index is 1.81. The van der Waals surface area contributed by atoms with E-state index in [1.165, 1.54) is 0 Å². The zero-order valence-corrected chi connectivity index (χ0v) is 18.5. The second kappa shape index (κ2) is 10.6. The maximum absolute atomic E-state index is 13.0. The van der Waals surface area contributed by atoms with Crippen LogP contribution in [0.25, 0.3) is 0 Å². The average molecular weight is 442 g/mol. The molecule has 0 heterocycles. The molecule has 0 aliphatic rings. The van der Waals surface area contributed by atoms with Crippen molar-refractivity contribution < 1.29 is 9.53 Å². The highest BCUT2D eigenvalue weighted by Gasteiger charge is 2.26. The summed E-state index contributed by atoms with van der Waals surface area (Å²) in [5.41, 5.74) is 3.08. The highest BCUT2D eigenvalue weighted by molar-refractivity contribution is 6.30. The molecule has 0 fully saturated rings. The van der Waals surface area contributed by atoms with Gasteiger partial charge in [0.1, 0.15) is 0 Å². The predicted molar refractivity (Wildman–Crippen MR) is 123 cm³/mol. The molecule has 3 rings (SSSR count). The number of carbonyl (C=O) groups excluding carboxylic acids is 1. The van der Waals surface area contributed by atoms with Gasteiger partial charge in [-0.2, -0.15) is 0 Å². The molecule has 0 bridgehead atoms. The molecule has 5 heteroatoms. The fourth-order valence-electron chi connectivity index (χ4n) is 3.59. The molecule has 0 saturated heterocycles. The van der Waals surface area contributed by atoms with E-state index in [2.05, 4.69) is 5.32 Å². The van der Waals surface area contributed by atoms with Gasteiger partial charge in [-0.25, -0.2) is 0 Å². The van der Waals surface area contributed by atoms with Gasteiger partial charge in [0.15, 0.2) is 6.10 Å². The number of amides is 1. The third kappa shape index (κ3) is 5.85. The first-order chi connectivity index (χ1) is 14.5. The van der Waals surface area contributed by atoms with Crippen molar-refractivity contribution in [1.82, 2.24) is 5.32 Å². The van der Waals surface area contributed by atoms with Gasteiger partial charge in [0.2, 0.25) is 0 Å². The molecule has 1 amide bonds. The summed E-state index contributed by atoms with van der Waals surface area (Å²) in [6.07, 6.45) is 0.0958. The molecule has 30 heavy (non-hydrogen) atoms.